The smallest absolute Gasteiger partial charge is 0.157 e. The number of hydrogen-bond donors (Lipinski definition) is 1. The van der Waals surface area contributed by atoms with Crippen molar-refractivity contribution in [3.05, 3.63) is 41.3 Å². The third kappa shape index (κ3) is 5.05. The van der Waals surface area contributed by atoms with E-state index < -0.39 is 0 Å². The van der Waals surface area contributed by atoms with Gasteiger partial charge in [-0.2, -0.15) is 0 Å². The average Bonchev–Trinajstić information content (AvgIpc) is 2.40. The maximum atomic E-state index is 11.4. The van der Waals surface area contributed by atoms with Crippen LogP contribution >= 0.6 is 23.5 Å². The summed E-state index contributed by atoms with van der Waals surface area (Å²) in [7, 11) is 0. The van der Waals surface area contributed by atoms with Crippen molar-refractivity contribution in [2.45, 2.75) is 29.4 Å². The lowest BCUT2D eigenvalue weighted by atomic mass is 10.2. The molecule has 1 atom stereocenters. The first kappa shape index (κ1) is 14.7. The van der Waals surface area contributed by atoms with Crippen molar-refractivity contribution >= 4 is 29.3 Å². The minimum atomic E-state index is 0.191. The second-order valence-electron chi connectivity index (χ2n) is 4.44. The summed E-state index contributed by atoms with van der Waals surface area (Å²) in [5, 5.41) is 9.52. The summed E-state index contributed by atoms with van der Waals surface area (Å²) < 4.78 is 0. The molecule has 0 saturated heterocycles. The summed E-state index contributed by atoms with van der Waals surface area (Å²) in [5.41, 5.74) is 0. The highest BCUT2D eigenvalue weighted by Crippen LogP contribution is 2.34. The summed E-state index contributed by atoms with van der Waals surface area (Å²) in [5.74, 6) is 1.13. The second-order valence-corrected chi connectivity index (χ2v) is 7.04. The summed E-state index contributed by atoms with van der Waals surface area (Å²) >= 11 is 3.56. The molecule has 4 heteroatoms. The molecule has 0 bridgehead atoms. The van der Waals surface area contributed by atoms with Crippen molar-refractivity contribution < 1.29 is 9.90 Å². The van der Waals surface area contributed by atoms with Gasteiger partial charge in [-0.1, -0.05) is 18.2 Å². The van der Waals surface area contributed by atoms with E-state index in [1.807, 2.05) is 18.2 Å². The first-order valence-corrected chi connectivity index (χ1v) is 8.33. The topological polar surface area (TPSA) is 37.3 Å². The van der Waals surface area contributed by atoms with Gasteiger partial charge in [0.05, 0.1) is 0 Å². The molecule has 19 heavy (non-hydrogen) atoms. The number of carbonyl (C=O) groups excluding carboxylic acids is 1. The molecule has 1 aromatic carbocycles. The third-order valence-corrected chi connectivity index (χ3v) is 5.23. The number of allylic oxidation sites excluding steroid dienone is 2. The van der Waals surface area contributed by atoms with Crippen LogP contribution in [0, 0.1) is 0 Å². The van der Waals surface area contributed by atoms with Crippen molar-refractivity contribution in [3.63, 3.8) is 0 Å². The number of thioether (sulfide) groups is 2. The Labute approximate surface area is 122 Å². The van der Waals surface area contributed by atoms with Crippen molar-refractivity contribution in [2.24, 2.45) is 0 Å². The van der Waals surface area contributed by atoms with Crippen LogP contribution in [0.2, 0.25) is 0 Å². The zero-order valence-electron chi connectivity index (χ0n) is 10.7. The second kappa shape index (κ2) is 7.78. The van der Waals surface area contributed by atoms with E-state index in [4.69, 9.17) is 0 Å². The molecule has 0 aromatic heterocycles. The molecule has 0 spiro atoms. The number of ketones is 1. The number of carbonyl (C=O) groups is 1. The SMILES string of the molecule is O=C1C=C(CC(CCO)Sc2ccccc2)SCC1. The molecule has 0 fully saturated rings. The first-order valence-electron chi connectivity index (χ1n) is 6.46. The Hall–Kier alpha value is -0.710. The fourth-order valence-corrected chi connectivity index (χ4v) is 4.35. The Bertz CT molecular complexity index is 443. The lowest BCUT2D eigenvalue weighted by Gasteiger charge is -2.19. The third-order valence-electron chi connectivity index (χ3n) is 2.88. The van der Waals surface area contributed by atoms with Gasteiger partial charge in [-0.15, -0.1) is 23.5 Å². The van der Waals surface area contributed by atoms with E-state index in [-0.39, 0.29) is 12.4 Å². The lowest BCUT2D eigenvalue weighted by Crippen LogP contribution is -2.10. The predicted molar refractivity (Wildman–Crippen MR) is 82.6 cm³/mol. The molecule has 2 rings (SSSR count). The summed E-state index contributed by atoms with van der Waals surface area (Å²) in [6.45, 7) is 0.191. The highest BCUT2D eigenvalue weighted by molar-refractivity contribution is 8.03. The van der Waals surface area contributed by atoms with E-state index in [1.54, 1.807) is 29.6 Å². The van der Waals surface area contributed by atoms with Crippen LogP contribution in [0.3, 0.4) is 0 Å². The molecular formula is C15H18O2S2. The molecule has 1 N–H and O–H groups in total. The van der Waals surface area contributed by atoms with Crippen LogP contribution in [0.1, 0.15) is 19.3 Å². The number of hydrogen-bond acceptors (Lipinski definition) is 4. The Morgan fingerprint density at radius 3 is 2.79 bits per heavy atom. The zero-order valence-corrected chi connectivity index (χ0v) is 12.4. The molecule has 0 radical (unpaired) electrons. The van der Waals surface area contributed by atoms with Crippen LogP contribution in [0.4, 0.5) is 0 Å². The molecule has 102 valence electrons. The van der Waals surface area contributed by atoms with Crippen LogP contribution in [-0.2, 0) is 4.79 Å². The van der Waals surface area contributed by atoms with Crippen LogP contribution in [0.15, 0.2) is 46.2 Å². The van der Waals surface area contributed by atoms with Gasteiger partial charge in [0.25, 0.3) is 0 Å². The number of benzene rings is 1. The predicted octanol–water partition coefficient (Wildman–Crippen LogP) is 3.51. The van der Waals surface area contributed by atoms with Crippen LogP contribution in [-0.4, -0.2) is 28.5 Å². The van der Waals surface area contributed by atoms with Gasteiger partial charge < -0.3 is 5.11 Å². The maximum Gasteiger partial charge on any atom is 0.157 e. The fourth-order valence-electron chi connectivity index (χ4n) is 1.96. The number of rotatable bonds is 6. The molecule has 2 nitrogen and oxygen atoms in total. The zero-order chi connectivity index (χ0) is 13.5. The van der Waals surface area contributed by atoms with E-state index in [9.17, 15) is 9.90 Å². The Kier molecular flexibility index (Phi) is 6.01. The Morgan fingerprint density at radius 1 is 1.32 bits per heavy atom. The number of aliphatic hydroxyl groups excluding tert-OH is 1. The van der Waals surface area contributed by atoms with Gasteiger partial charge >= 0.3 is 0 Å². The first-order chi connectivity index (χ1) is 9.28. The molecule has 1 unspecified atom stereocenters. The summed E-state index contributed by atoms with van der Waals surface area (Å²) in [4.78, 5) is 13.8. The van der Waals surface area contributed by atoms with E-state index in [2.05, 4.69) is 12.1 Å². The van der Waals surface area contributed by atoms with Gasteiger partial charge in [-0.3, -0.25) is 4.79 Å². The fraction of sp³-hybridized carbons (Fsp3) is 0.400. The van der Waals surface area contributed by atoms with Gasteiger partial charge in [0.2, 0.25) is 0 Å². The normalized spacial score (nSPS) is 17.1. The molecule has 1 aromatic rings. The highest BCUT2D eigenvalue weighted by Gasteiger charge is 2.16. The highest BCUT2D eigenvalue weighted by atomic mass is 32.2. The van der Waals surface area contributed by atoms with Gasteiger partial charge in [0.1, 0.15) is 0 Å². The monoisotopic (exact) mass is 294 g/mol. The van der Waals surface area contributed by atoms with E-state index in [0.29, 0.717) is 11.7 Å². The van der Waals surface area contributed by atoms with Gasteiger partial charge in [0.15, 0.2) is 5.78 Å². The largest absolute Gasteiger partial charge is 0.396 e. The van der Waals surface area contributed by atoms with Gasteiger partial charge in [0, 0.05) is 28.9 Å². The van der Waals surface area contributed by atoms with E-state index >= 15 is 0 Å². The molecule has 1 aliphatic rings. The molecule has 0 amide bonds. The molecule has 1 aliphatic heterocycles. The summed E-state index contributed by atoms with van der Waals surface area (Å²) in [6.07, 6.45) is 4.07. The molecule has 0 aliphatic carbocycles. The van der Waals surface area contributed by atoms with Gasteiger partial charge in [-0.25, -0.2) is 0 Å². The van der Waals surface area contributed by atoms with E-state index in [0.717, 1.165) is 23.5 Å². The Balaban J connectivity index is 1.98. The minimum Gasteiger partial charge on any atom is -0.396 e. The van der Waals surface area contributed by atoms with Gasteiger partial charge in [-0.05, 0) is 36.0 Å². The van der Waals surface area contributed by atoms with E-state index in [1.165, 1.54) is 4.90 Å². The average molecular weight is 294 g/mol. The minimum absolute atomic E-state index is 0.191. The van der Waals surface area contributed by atoms with Crippen LogP contribution in [0.5, 0.6) is 0 Å². The maximum absolute atomic E-state index is 11.4. The molecule has 0 saturated carbocycles. The number of aliphatic hydroxyl groups is 1. The molecular weight excluding hydrogens is 276 g/mol. The Morgan fingerprint density at radius 2 is 2.11 bits per heavy atom. The van der Waals surface area contributed by atoms with Crippen molar-refractivity contribution in [1.29, 1.82) is 0 Å². The quantitative estimate of drug-likeness (QED) is 0.815. The van der Waals surface area contributed by atoms with Crippen molar-refractivity contribution in [2.75, 3.05) is 12.4 Å². The van der Waals surface area contributed by atoms with Crippen LogP contribution < -0.4 is 0 Å². The lowest BCUT2D eigenvalue weighted by molar-refractivity contribution is -0.114. The standard InChI is InChI=1S/C15H18O2S2/c16-8-6-14(19-13-4-2-1-3-5-13)11-15-10-12(17)7-9-18-15/h1-5,10,14,16H,6-9,11H2. The van der Waals surface area contributed by atoms with Crippen molar-refractivity contribution in [1.82, 2.24) is 0 Å². The van der Waals surface area contributed by atoms with Crippen molar-refractivity contribution in [3.8, 4) is 0 Å². The summed E-state index contributed by atoms with van der Waals surface area (Å²) in [6, 6.07) is 10.2. The van der Waals surface area contributed by atoms with Crippen LogP contribution in [0.25, 0.3) is 0 Å². The molecule has 1 heterocycles.